The third-order valence-electron chi connectivity index (χ3n) is 2.95. The van der Waals surface area contributed by atoms with E-state index in [2.05, 4.69) is 10.3 Å². The monoisotopic (exact) mass is 289 g/mol. The van der Waals surface area contributed by atoms with Gasteiger partial charge in [-0.1, -0.05) is 0 Å². The highest BCUT2D eigenvalue weighted by molar-refractivity contribution is 5.88. The number of nitrogens with one attached hydrogen (secondary N) is 1. The van der Waals surface area contributed by atoms with Crippen molar-refractivity contribution in [2.75, 3.05) is 11.9 Å². The number of imidazole rings is 1. The second kappa shape index (κ2) is 6.90. The van der Waals surface area contributed by atoms with Crippen LogP contribution in [0.25, 0.3) is 0 Å². The summed E-state index contributed by atoms with van der Waals surface area (Å²) in [5, 5.41) is 12.6. The molecule has 2 rings (SSSR count). The van der Waals surface area contributed by atoms with E-state index in [9.17, 15) is 9.90 Å². The largest absolute Gasteiger partial charge is 0.491 e. The fraction of sp³-hybridized carbons (Fsp3) is 0.333. The van der Waals surface area contributed by atoms with Gasteiger partial charge in [-0.15, -0.1) is 0 Å². The zero-order valence-electron chi connectivity index (χ0n) is 12.1. The summed E-state index contributed by atoms with van der Waals surface area (Å²) in [6.07, 6.45) is 2.90. The van der Waals surface area contributed by atoms with Gasteiger partial charge in [-0.05, 0) is 31.2 Å². The Bertz CT molecular complexity index is 592. The van der Waals surface area contributed by atoms with E-state index in [0.717, 1.165) is 5.82 Å². The number of aromatic nitrogens is 2. The van der Waals surface area contributed by atoms with Crippen LogP contribution in [0.15, 0.2) is 36.7 Å². The first-order chi connectivity index (χ1) is 10.0. The Hall–Kier alpha value is -2.34. The minimum atomic E-state index is -0.618. The fourth-order valence-corrected chi connectivity index (χ4v) is 1.91. The highest BCUT2D eigenvalue weighted by Crippen LogP contribution is 2.16. The average Bonchev–Trinajstić information content (AvgIpc) is 2.83. The summed E-state index contributed by atoms with van der Waals surface area (Å²) in [7, 11) is 0. The Morgan fingerprint density at radius 1 is 1.43 bits per heavy atom. The first-order valence-electron chi connectivity index (χ1n) is 6.71. The average molecular weight is 289 g/mol. The van der Waals surface area contributed by atoms with Crippen molar-refractivity contribution in [3.8, 4) is 5.75 Å². The zero-order valence-corrected chi connectivity index (χ0v) is 12.1. The SMILES string of the molecule is CC(=O)Nc1ccc(OC[C@H](O)Cn2ccnc2C)cc1. The number of rotatable bonds is 6. The molecule has 2 N–H and O–H groups in total. The molecular weight excluding hydrogens is 270 g/mol. The van der Waals surface area contributed by atoms with Gasteiger partial charge < -0.3 is 19.7 Å². The molecule has 0 aliphatic carbocycles. The Balaban J connectivity index is 1.82. The van der Waals surface area contributed by atoms with Crippen molar-refractivity contribution in [2.45, 2.75) is 26.5 Å². The van der Waals surface area contributed by atoms with Crippen LogP contribution in [-0.2, 0) is 11.3 Å². The smallest absolute Gasteiger partial charge is 0.221 e. The van der Waals surface area contributed by atoms with Gasteiger partial charge >= 0.3 is 0 Å². The maximum atomic E-state index is 10.9. The van der Waals surface area contributed by atoms with Gasteiger partial charge in [0.05, 0.1) is 6.54 Å². The number of aliphatic hydroxyl groups is 1. The van der Waals surface area contributed by atoms with E-state index in [0.29, 0.717) is 18.0 Å². The molecule has 2 aromatic rings. The molecule has 0 aliphatic rings. The third-order valence-corrected chi connectivity index (χ3v) is 2.95. The van der Waals surface area contributed by atoms with Gasteiger partial charge in [0.15, 0.2) is 0 Å². The lowest BCUT2D eigenvalue weighted by Crippen LogP contribution is -2.23. The second-order valence-electron chi connectivity index (χ2n) is 4.80. The summed E-state index contributed by atoms with van der Waals surface area (Å²) >= 11 is 0. The van der Waals surface area contributed by atoms with Crippen LogP contribution in [0.3, 0.4) is 0 Å². The van der Waals surface area contributed by atoms with Crippen molar-refractivity contribution >= 4 is 11.6 Å². The molecule has 1 aromatic carbocycles. The molecule has 0 aliphatic heterocycles. The Morgan fingerprint density at radius 3 is 2.71 bits per heavy atom. The summed E-state index contributed by atoms with van der Waals surface area (Å²) in [5.74, 6) is 1.38. The maximum Gasteiger partial charge on any atom is 0.221 e. The Kier molecular flexibility index (Phi) is 4.94. The number of benzene rings is 1. The number of aryl methyl sites for hydroxylation is 1. The molecule has 0 saturated heterocycles. The summed E-state index contributed by atoms with van der Waals surface area (Å²) < 4.78 is 7.39. The van der Waals surface area contributed by atoms with Crippen LogP contribution in [-0.4, -0.2) is 33.3 Å². The van der Waals surface area contributed by atoms with E-state index >= 15 is 0 Å². The van der Waals surface area contributed by atoms with Gasteiger partial charge in [-0.25, -0.2) is 4.98 Å². The van der Waals surface area contributed by atoms with Gasteiger partial charge in [0.2, 0.25) is 5.91 Å². The van der Waals surface area contributed by atoms with Crippen molar-refractivity contribution in [1.82, 2.24) is 9.55 Å². The molecular formula is C15H19N3O3. The normalized spacial score (nSPS) is 12.0. The number of amides is 1. The maximum absolute atomic E-state index is 10.9. The molecule has 112 valence electrons. The van der Waals surface area contributed by atoms with Gasteiger partial charge in [-0.2, -0.15) is 0 Å². The van der Waals surface area contributed by atoms with Gasteiger partial charge in [0, 0.05) is 25.0 Å². The molecule has 1 amide bonds. The number of ether oxygens (including phenoxy) is 1. The van der Waals surface area contributed by atoms with Crippen molar-refractivity contribution in [1.29, 1.82) is 0 Å². The molecule has 0 saturated carbocycles. The van der Waals surface area contributed by atoms with Crippen LogP contribution >= 0.6 is 0 Å². The van der Waals surface area contributed by atoms with E-state index in [1.54, 1.807) is 30.5 Å². The van der Waals surface area contributed by atoms with Gasteiger partial charge in [0.1, 0.15) is 24.3 Å². The molecule has 1 atom stereocenters. The van der Waals surface area contributed by atoms with Crippen LogP contribution in [0.5, 0.6) is 5.75 Å². The minimum Gasteiger partial charge on any atom is -0.491 e. The van der Waals surface area contributed by atoms with E-state index in [1.807, 2.05) is 17.7 Å². The topological polar surface area (TPSA) is 76.4 Å². The van der Waals surface area contributed by atoms with Crippen molar-refractivity contribution in [2.24, 2.45) is 0 Å². The second-order valence-corrected chi connectivity index (χ2v) is 4.80. The number of hydrogen-bond acceptors (Lipinski definition) is 4. The number of aliphatic hydroxyl groups excluding tert-OH is 1. The van der Waals surface area contributed by atoms with Crippen LogP contribution in [0.2, 0.25) is 0 Å². The van der Waals surface area contributed by atoms with Crippen LogP contribution < -0.4 is 10.1 Å². The number of anilines is 1. The number of carbonyl (C=O) groups is 1. The van der Waals surface area contributed by atoms with Gasteiger partial charge in [-0.3, -0.25) is 4.79 Å². The zero-order chi connectivity index (χ0) is 15.2. The number of hydrogen-bond donors (Lipinski definition) is 2. The quantitative estimate of drug-likeness (QED) is 0.846. The lowest BCUT2D eigenvalue weighted by atomic mass is 10.3. The van der Waals surface area contributed by atoms with E-state index < -0.39 is 6.10 Å². The first kappa shape index (κ1) is 15.1. The summed E-state index contributed by atoms with van der Waals surface area (Å²) in [5.41, 5.74) is 0.712. The first-order valence-corrected chi connectivity index (χ1v) is 6.71. The van der Waals surface area contributed by atoms with E-state index in [1.165, 1.54) is 6.92 Å². The van der Waals surface area contributed by atoms with Crippen molar-refractivity contribution in [3.05, 3.63) is 42.5 Å². The molecule has 0 unspecified atom stereocenters. The molecule has 0 fully saturated rings. The third kappa shape index (κ3) is 4.61. The molecule has 1 heterocycles. The molecule has 0 spiro atoms. The molecule has 0 radical (unpaired) electrons. The summed E-state index contributed by atoms with van der Waals surface area (Å²) in [6, 6.07) is 7.01. The molecule has 21 heavy (non-hydrogen) atoms. The lowest BCUT2D eigenvalue weighted by molar-refractivity contribution is -0.114. The Morgan fingerprint density at radius 2 is 2.14 bits per heavy atom. The molecule has 1 aromatic heterocycles. The van der Waals surface area contributed by atoms with Crippen LogP contribution in [0, 0.1) is 6.92 Å². The molecule has 6 heteroatoms. The van der Waals surface area contributed by atoms with E-state index in [4.69, 9.17) is 4.74 Å². The van der Waals surface area contributed by atoms with Gasteiger partial charge in [0.25, 0.3) is 0 Å². The fourth-order valence-electron chi connectivity index (χ4n) is 1.91. The van der Waals surface area contributed by atoms with Crippen LogP contribution in [0.4, 0.5) is 5.69 Å². The van der Waals surface area contributed by atoms with E-state index in [-0.39, 0.29) is 12.5 Å². The summed E-state index contributed by atoms with van der Waals surface area (Å²) in [6.45, 7) is 3.97. The molecule has 0 bridgehead atoms. The Labute approximate surface area is 123 Å². The molecule has 6 nitrogen and oxygen atoms in total. The number of carbonyl (C=O) groups excluding carboxylic acids is 1. The van der Waals surface area contributed by atoms with Crippen molar-refractivity contribution < 1.29 is 14.6 Å². The predicted octanol–water partition coefficient (Wildman–Crippen LogP) is 1.59. The summed E-state index contributed by atoms with van der Waals surface area (Å²) in [4.78, 5) is 15.0. The highest BCUT2D eigenvalue weighted by atomic mass is 16.5. The highest BCUT2D eigenvalue weighted by Gasteiger charge is 2.08. The van der Waals surface area contributed by atoms with Crippen molar-refractivity contribution in [3.63, 3.8) is 0 Å². The lowest BCUT2D eigenvalue weighted by Gasteiger charge is -2.14. The standard InChI is InChI=1S/C15H19N3O3/c1-11-16-7-8-18(11)9-14(20)10-21-15-5-3-13(4-6-15)17-12(2)19/h3-8,14,20H,9-10H2,1-2H3,(H,17,19)/t14-/m1/s1. The number of nitrogens with zero attached hydrogens (tertiary/aromatic N) is 2. The minimum absolute atomic E-state index is 0.116. The van der Waals surface area contributed by atoms with Crippen LogP contribution in [0.1, 0.15) is 12.7 Å². The predicted molar refractivity (Wildman–Crippen MR) is 79.2 cm³/mol.